The number of rotatable bonds is 8. The molecular weight excluding hydrogens is 340 g/mol. The van der Waals surface area contributed by atoms with Crippen LogP contribution in [0.3, 0.4) is 0 Å². The number of methoxy groups -OCH3 is 1. The summed E-state index contributed by atoms with van der Waals surface area (Å²) in [4.78, 5) is 25.0. The largest absolute Gasteiger partial charge is 0.497 e. The summed E-state index contributed by atoms with van der Waals surface area (Å²) in [6.45, 7) is 6.28. The molecule has 0 fully saturated rings. The van der Waals surface area contributed by atoms with Gasteiger partial charge in [-0.15, -0.1) is 0 Å². The van der Waals surface area contributed by atoms with E-state index in [1.807, 2.05) is 63.2 Å². The second kappa shape index (κ2) is 9.76. The van der Waals surface area contributed by atoms with Crippen LogP contribution in [0.15, 0.2) is 48.5 Å². The van der Waals surface area contributed by atoms with Crippen molar-refractivity contribution in [3.63, 3.8) is 0 Å². The molecule has 1 atom stereocenters. The molecule has 0 spiro atoms. The summed E-state index contributed by atoms with van der Waals surface area (Å²) in [7, 11) is 1.63. The lowest BCUT2D eigenvalue weighted by Crippen LogP contribution is -2.50. The van der Waals surface area contributed by atoms with Gasteiger partial charge >= 0.3 is 0 Å². The second-order valence-corrected chi connectivity index (χ2v) is 6.95. The van der Waals surface area contributed by atoms with Crippen molar-refractivity contribution >= 4 is 11.8 Å². The number of ether oxygens (including phenoxy) is 1. The van der Waals surface area contributed by atoms with Gasteiger partial charge in [0.25, 0.3) is 5.91 Å². The van der Waals surface area contributed by atoms with Crippen LogP contribution in [0.2, 0.25) is 0 Å². The maximum Gasteiger partial charge on any atom is 0.251 e. The van der Waals surface area contributed by atoms with Crippen LogP contribution >= 0.6 is 0 Å². The molecule has 0 aliphatic carbocycles. The Morgan fingerprint density at radius 2 is 1.78 bits per heavy atom. The first-order valence-corrected chi connectivity index (χ1v) is 9.19. The minimum atomic E-state index is -0.575. The minimum absolute atomic E-state index is 0.0141. The van der Waals surface area contributed by atoms with E-state index in [1.54, 1.807) is 13.2 Å². The zero-order valence-electron chi connectivity index (χ0n) is 16.4. The number of benzene rings is 2. The molecule has 0 unspecified atom stereocenters. The van der Waals surface area contributed by atoms with Gasteiger partial charge in [0.15, 0.2) is 0 Å². The highest BCUT2D eigenvalue weighted by molar-refractivity contribution is 5.97. The molecule has 2 N–H and O–H groups in total. The molecule has 0 aliphatic rings. The second-order valence-electron chi connectivity index (χ2n) is 6.95. The Labute approximate surface area is 161 Å². The number of carbonyl (C=O) groups is 2. The molecule has 0 aliphatic heterocycles. The Morgan fingerprint density at radius 3 is 2.37 bits per heavy atom. The Morgan fingerprint density at radius 1 is 1.07 bits per heavy atom. The molecular formula is C22H28N2O3. The van der Waals surface area contributed by atoms with E-state index in [4.69, 9.17) is 4.74 Å². The third-order valence-electron chi connectivity index (χ3n) is 4.39. The molecule has 2 rings (SSSR count). The van der Waals surface area contributed by atoms with Crippen molar-refractivity contribution in [1.29, 1.82) is 0 Å². The van der Waals surface area contributed by atoms with Crippen molar-refractivity contribution in [2.45, 2.75) is 33.2 Å². The predicted molar refractivity (Wildman–Crippen MR) is 107 cm³/mol. The zero-order valence-corrected chi connectivity index (χ0v) is 16.4. The van der Waals surface area contributed by atoms with Crippen LogP contribution in [-0.2, 0) is 11.2 Å². The molecule has 5 nitrogen and oxygen atoms in total. The van der Waals surface area contributed by atoms with Crippen LogP contribution in [0.5, 0.6) is 5.75 Å². The van der Waals surface area contributed by atoms with Crippen LogP contribution in [-0.4, -0.2) is 31.5 Å². The summed E-state index contributed by atoms with van der Waals surface area (Å²) >= 11 is 0. The van der Waals surface area contributed by atoms with Crippen molar-refractivity contribution in [2.24, 2.45) is 5.92 Å². The average molecular weight is 368 g/mol. The lowest BCUT2D eigenvalue weighted by Gasteiger charge is -2.22. The van der Waals surface area contributed by atoms with Crippen LogP contribution in [0.4, 0.5) is 0 Å². The molecule has 27 heavy (non-hydrogen) atoms. The molecule has 0 saturated carbocycles. The molecule has 5 heteroatoms. The molecule has 0 saturated heterocycles. The van der Waals surface area contributed by atoms with E-state index >= 15 is 0 Å². The number of aryl methyl sites for hydroxylation is 1. The van der Waals surface area contributed by atoms with Crippen LogP contribution in [0, 0.1) is 12.8 Å². The zero-order chi connectivity index (χ0) is 19.8. The van der Waals surface area contributed by atoms with Gasteiger partial charge in [-0.1, -0.05) is 43.7 Å². The van der Waals surface area contributed by atoms with Gasteiger partial charge in [0.1, 0.15) is 11.8 Å². The van der Waals surface area contributed by atoms with Crippen molar-refractivity contribution in [2.75, 3.05) is 13.7 Å². The maximum atomic E-state index is 12.6. The molecule has 0 heterocycles. The first-order valence-electron chi connectivity index (χ1n) is 9.19. The van der Waals surface area contributed by atoms with E-state index < -0.39 is 6.04 Å². The summed E-state index contributed by atoms with van der Waals surface area (Å²) < 4.78 is 5.14. The van der Waals surface area contributed by atoms with E-state index in [1.165, 1.54) is 0 Å². The van der Waals surface area contributed by atoms with E-state index in [2.05, 4.69) is 10.6 Å². The number of hydrogen-bond donors (Lipinski definition) is 2. The van der Waals surface area contributed by atoms with Gasteiger partial charge in [0.2, 0.25) is 5.91 Å². The molecule has 2 amide bonds. The highest BCUT2D eigenvalue weighted by atomic mass is 16.5. The molecule has 144 valence electrons. The lowest BCUT2D eigenvalue weighted by molar-refractivity contribution is -0.123. The van der Waals surface area contributed by atoms with Gasteiger partial charge in [0, 0.05) is 12.1 Å². The van der Waals surface area contributed by atoms with E-state index in [9.17, 15) is 9.59 Å². The maximum absolute atomic E-state index is 12.6. The minimum Gasteiger partial charge on any atom is -0.497 e. The quantitative estimate of drug-likeness (QED) is 0.752. The standard InChI is InChI=1S/C22H28N2O3/c1-15(2)20(24-21(25)18-7-5-6-16(3)14-18)22(26)23-13-12-17-8-10-19(27-4)11-9-17/h5-11,14-15,20H,12-13H2,1-4H3,(H,23,26)(H,24,25)/t20-/m0/s1. The first-order chi connectivity index (χ1) is 12.9. The Hall–Kier alpha value is -2.82. The molecule has 0 radical (unpaired) electrons. The van der Waals surface area contributed by atoms with E-state index in [-0.39, 0.29) is 17.7 Å². The highest BCUT2D eigenvalue weighted by Gasteiger charge is 2.24. The number of nitrogens with one attached hydrogen (secondary N) is 2. The summed E-state index contributed by atoms with van der Waals surface area (Å²) in [6, 6.07) is 14.5. The molecule has 0 aromatic heterocycles. The SMILES string of the molecule is COc1ccc(CCNC(=O)[C@@H](NC(=O)c2cccc(C)c2)C(C)C)cc1. The monoisotopic (exact) mass is 368 g/mol. The summed E-state index contributed by atoms with van der Waals surface area (Å²) in [6.07, 6.45) is 0.715. The van der Waals surface area contributed by atoms with Gasteiger partial charge in [0.05, 0.1) is 7.11 Å². The van der Waals surface area contributed by atoms with Gasteiger partial charge in [-0.3, -0.25) is 9.59 Å². The topological polar surface area (TPSA) is 67.4 Å². The number of amides is 2. The van der Waals surface area contributed by atoms with Crippen molar-refractivity contribution in [1.82, 2.24) is 10.6 Å². The summed E-state index contributed by atoms with van der Waals surface area (Å²) in [5.74, 6) is 0.392. The van der Waals surface area contributed by atoms with Gasteiger partial charge in [-0.25, -0.2) is 0 Å². The first kappa shape index (κ1) is 20.5. The third-order valence-corrected chi connectivity index (χ3v) is 4.39. The van der Waals surface area contributed by atoms with Crippen LogP contribution < -0.4 is 15.4 Å². The fourth-order valence-corrected chi connectivity index (χ4v) is 2.78. The van der Waals surface area contributed by atoms with Crippen molar-refractivity contribution in [3.8, 4) is 5.75 Å². The fourth-order valence-electron chi connectivity index (χ4n) is 2.78. The molecule has 2 aromatic carbocycles. The van der Waals surface area contributed by atoms with Crippen LogP contribution in [0.1, 0.15) is 35.3 Å². The summed E-state index contributed by atoms with van der Waals surface area (Å²) in [5, 5.41) is 5.78. The van der Waals surface area contributed by atoms with Gasteiger partial charge in [-0.05, 0) is 49.1 Å². The Kier molecular flexibility index (Phi) is 7.41. The normalized spacial score (nSPS) is 11.7. The fraction of sp³-hybridized carbons (Fsp3) is 0.364. The Bertz CT molecular complexity index is 769. The van der Waals surface area contributed by atoms with Gasteiger partial charge < -0.3 is 15.4 Å². The lowest BCUT2D eigenvalue weighted by atomic mass is 10.0. The molecule has 0 bridgehead atoms. The predicted octanol–water partition coefficient (Wildman–Crippen LogP) is 3.12. The molecule has 2 aromatic rings. The van der Waals surface area contributed by atoms with E-state index in [0.717, 1.165) is 16.9 Å². The number of carbonyl (C=O) groups excluding carboxylic acids is 2. The van der Waals surface area contributed by atoms with E-state index in [0.29, 0.717) is 18.5 Å². The van der Waals surface area contributed by atoms with Crippen molar-refractivity contribution in [3.05, 3.63) is 65.2 Å². The highest BCUT2D eigenvalue weighted by Crippen LogP contribution is 2.11. The summed E-state index contributed by atoms with van der Waals surface area (Å²) in [5.41, 5.74) is 2.68. The van der Waals surface area contributed by atoms with Crippen LogP contribution in [0.25, 0.3) is 0 Å². The third kappa shape index (κ3) is 6.13. The van der Waals surface area contributed by atoms with Crippen molar-refractivity contribution < 1.29 is 14.3 Å². The smallest absolute Gasteiger partial charge is 0.251 e. The number of hydrogen-bond acceptors (Lipinski definition) is 3. The Balaban J connectivity index is 1.90. The average Bonchev–Trinajstić information content (AvgIpc) is 2.66. The van der Waals surface area contributed by atoms with Gasteiger partial charge in [-0.2, -0.15) is 0 Å².